The number of aromatic amines is 1. The topological polar surface area (TPSA) is 97.3 Å². The molecule has 3 aromatic rings. The largest absolute Gasteiger partial charge is 0.497 e. The van der Waals surface area contributed by atoms with Crippen LogP contribution in [0.1, 0.15) is 10.4 Å². The van der Waals surface area contributed by atoms with Gasteiger partial charge in [-0.15, -0.1) is 0 Å². The summed E-state index contributed by atoms with van der Waals surface area (Å²) in [4.78, 5) is 26.2. The average Bonchev–Trinajstić information content (AvgIpc) is 3.16. The van der Waals surface area contributed by atoms with E-state index in [4.69, 9.17) is 4.74 Å². The molecule has 1 aromatic heterocycles. The van der Waals surface area contributed by atoms with Crippen LogP contribution >= 0.6 is 0 Å². The van der Waals surface area contributed by atoms with Crippen molar-refractivity contribution in [3.8, 4) is 17.0 Å². The number of aromatic nitrogens is 1. The van der Waals surface area contributed by atoms with Crippen LogP contribution in [0.15, 0.2) is 60.8 Å². The molecule has 2 aromatic carbocycles. The molecule has 0 saturated heterocycles. The van der Waals surface area contributed by atoms with Gasteiger partial charge >= 0.3 is 0 Å². The van der Waals surface area contributed by atoms with Crippen LogP contribution < -0.4 is 10.1 Å². The molecule has 1 heterocycles. The number of benzene rings is 2. The summed E-state index contributed by atoms with van der Waals surface area (Å²) < 4.78 is 5.05. The highest BCUT2D eigenvalue weighted by Crippen LogP contribution is 2.30. The summed E-state index contributed by atoms with van der Waals surface area (Å²) in [5.74, 6) is 0.186. The van der Waals surface area contributed by atoms with Gasteiger partial charge in [-0.2, -0.15) is 0 Å². The third kappa shape index (κ3) is 3.50. The highest BCUT2D eigenvalue weighted by atomic mass is 16.6. The summed E-state index contributed by atoms with van der Waals surface area (Å²) in [7, 11) is 1.53. The zero-order valence-corrected chi connectivity index (χ0v) is 13.4. The number of nitrogens with one attached hydrogen (secondary N) is 2. The van der Waals surface area contributed by atoms with Gasteiger partial charge in [-0.3, -0.25) is 14.9 Å². The van der Waals surface area contributed by atoms with Crippen molar-refractivity contribution in [3.63, 3.8) is 0 Å². The van der Waals surface area contributed by atoms with E-state index >= 15 is 0 Å². The van der Waals surface area contributed by atoms with E-state index in [0.29, 0.717) is 11.3 Å². The fourth-order valence-corrected chi connectivity index (χ4v) is 2.41. The summed E-state index contributed by atoms with van der Waals surface area (Å²) in [6, 6.07) is 14.7. The Labute approximate surface area is 143 Å². The molecule has 25 heavy (non-hydrogen) atoms. The van der Waals surface area contributed by atoms with E-state index in [1.807, 2.05) is 12.1 Å². The van der Waals surface area contributed by atoms with Gasteiger partial charge < -0.3 is 15.0 Å². The molecule has 1 amide bonds. The van der Waals surface area contributed by atoms with Crippen LogP contribution in [-0.4, -0.2) is 22.9 Å². The van der Waals surface area contributed by atoms with Crippen molar-refractivity contribution in [2.45, 2.75) is 0 Å². The van der Waals surface area contributed by atoms with Gasteiger partial charge in [-0.05, 0) is 48.5 Å². The van der Waals surface area contributed by atoms with Crippen LogP contribution in [0.25, 0.3) is 11.3 Å². The SMILES string of the molecule is COc1ccc(C(=O)Nc2cc(-c3ccc[nH]3)ccc2[N+](=O)[O-])cc1. The molecule has 126 valence electrons. The maximum Gasteiger partial charge on any atom is 0.292 e. The number of hydrogen-bond acceptors (Lipinski definition) is 4. The number of carbonyl (C=O) groups is 1. The number of nitro benzene ring substituents is 1. The fourth-order valence-electron chi connectivity index (χ4n) is 2.41. The number of amides is 1. The van der Waals surface area contributed by atoms with Gasteiger partial charge in [-0.1, -0.05) is 0 Å². The molecule has 0 aliphatic heterocycles. The van der Waals surface area contributed by atoms with Crippen molar-refractivity contribution in [3.05, 3.63) is 76.5 Å². The lowest BCUT2D eigenvalue weighted by atomic mass is 10.1. The fraction of sp³-hybridized carbons (Fsp3) is 0.0556. The number of hydrogen-bond donors (Lipinski definition) is 2. The van der Waals surface area contributed by atoms with Crippen LogP contribution in [-0.2, 0) is 0 Å². The van der Waals surface area contributed by atoms with E-state index in [-0.39, 0.29) is 11.4 Å². The van der Waals surface area contributed by atoms with Crippen LogP contribution in [0, 0.1) is 10.1 Å². The lowest BCUT2D eigenvalue weighted by molar-refractivity contribution is -0.383. The van der Waals surface area contributed by atoms with E-state index in [1.165, 1.54) is 13.2 Å². The molecule has 0 fully saturated rings. The molecule has 7 nitrogen and oxygen atoms in total. The first-order valence-electron chi connectivity index (χ1n) is 7.46. The van der Waals surface area contributed by atoms with Crippen molar-refractivity contribution in [1.29, 1.82) is 0 Å². The first-order chi connectivity index (χ1) is 12.1. The molecule has 0 saturated carbocycles. The summed E-state index contributed by atoms with van der Waals surface area (Å²) in [6.45, 7) is 0. The second-order valence-corrected chi connectivity index (χ2v) is 5.26. The maximum absolute atomic E-state index is 12.4. The molecule has 0 aliphatic rings. The summed E-state index contributed by atoms with van der Waals surface area (Å²) >= 11 is 0. The monoisotopic (exact) mass is 337 g/mol. The third-order valence-electron chi connectivity index (χ3n) is 3.70. The molecular weight excluding hydrogens is 322 g/mol. The van der Waals surface area contributed by atoms with Crippen molar-refractivity contribution in [2.24, 2.45) is 0 Å². The van der Waals surface area contributed by atoms with E-state index in [0.717, 1.165) is 11.3 Å². The Bertz CT molecular complexity index is 903. The molecule has 0 spiro atoms. The number of carbonyl (C=O) groups excluding carboxylic acids is 1. The Balaban J connectivity index is 1.92. The second-order valence-electron chi connectivity index (χ2n) is 5.26. The predicted molar refractivity (Wildman–Crippen MR) is 93.8 cm³/mol. The highest BCUT2D eigenvalue weighted by molar-refractivity contribution is 6.05. The zero-order valence-electron chi connectivity index (χ0n) is 13.4. The van der Waals surface area contributed by atoms with E-state index in [1.54, 1.807) is 42.6 Å². The molecule has 3 rings (SSSR count). The lowest BCUT2D eigenvalue weighted by Crippen LogP contribution is -2.13. The normalized spacial score (nSPS) is 10.3. The van der Waals surface area contributed by atoms with Crippen molar-refractivity contribution >= 4 is 17.3 Å². The average molecular weight is 337 g/mol. The van der Waals surface area contributed by atoms with Crippen LogP contribution in [0.3, 0.4) is 0 Å². The lowest BCUT2D eigenvalue weighted by Gasteiger charge is -2.08. The molecule has 7 heteroatoms. The van der Waals surface area contributed by atoms with Crippen LogP contribution in [0.4, 0.5) is 11.4 Å². The Morgan fingerprint density at radius 3 is 2.52 bits per heavy atom. The highest BCUT2D eigenvalue weighted by Gasteiger charge is 2.18. The number of methoxy groups -OCH3 is 1. The molecule has 0 bridgehead atoms. The smallest absolute Gasteiger partial charge is 0.292 e. The molecule has 2 N–H and O–H groups in total. The third-order valence-corrected chi connectivity index (χ3v) is 3.70. The van der Waals surface area contributed by atoms with Gasteiger partial charge in [0.2, 0.25) is 0 Å². The number of ether oxygens (including phenoxy) is 1. The number of rotatable bonds is 5. The minimum Gasteiger partial charge on any atom is -0.497 e. The van der Waals surface area contributed by atoms with Crippen molar-refractivity contribution in [2.75, 3.05) is 12.4 Å². The van der Waals surface area contributed by atoms with Crippen molar-refractivity contribution < 1.29 is 14.5 Å². The molecule has 0 aliphatic carbocycles. The summed E-state index contributed by atoms with van der Waals surface area (Å²) in [5.41, 5.74) is 1.88. The van der Waals surface area contributed by atoms with Gasteiger partial charge in [-0.25, -0.2) is 0 Å². The molecule has 0 unspecified atom stereocenters. The van der Waals surface area contributed by atoms with E-state index in [2.05, 4.69) is 10.3 Å². The summed E-state index contributed by atoms with van der Waals surface area (Å²) in [5, 5.41) is 13.9. The summed E-state index contributed by atoms with van der Waals surface area (Å²) in [6.07, 6.45) is 1.76. The van der Waals surface area contributed by atoms with Gasteiger partial charge in [0.25, 0.3) is 11.6 Å². The first-order valence-corrected chi connectivity index (χ1v) is 7.46. The number of nitro groups is 1. The molecule has 0 radical (unpaired) electrons. The first kappa shape index (κ1) is 16.3. The Hall–Kier alpha value is -3.61. The Morgan fingerprint density at radius 1 is 1.16 bits per heavy atom. The minimum absolute atomic E-state index is 0.137. The van der Waals surface area contributed by atoms with Gasteiger partial charge in [0.15, 0.2) is 0 Å². The second kappa shape index (κ2) is 6.88. The molecule has 0 atom stereocenters. The van der Waals surface area contributed by atoms with Crippen LogP contribution in [0.2, 0.25) is 0 Å². The number of anilines is 1. The van der Waals surface area contributed by atoms with Crippen LogP contribution in [0.5, 0.6) is 5.75 Å². The van der Waals surface area contributed by atoms with Gasteiger partial charge in [0.1, 0.15) is 11.4 Å². The Morgan fingerprint density at radius 2 is 1.92 bits per heavy atom. The zero-order chi connectivity index (χ0) is 17.8. The van der Waals surface area contributed by atoms with E-state index < -0.39 is 10.8 Å². The predicted octanol–water partition coefficient (Wildman–Crippen LogP) is 3.85. The number of H-pyrrole nitrogens is 1. The standard InChI is InChI=1S/C18H15N3O4/c1-25-14-7-4-12(5-8-14)18(22)20-16-11-13(15-3-2-10-19-15)6-9-17(16)21(23)24/h2-11,19H,1H3,(H,20,22). The van der Waals surface area contributed by atoms with Crippen molar-refractivity contribution in [1.82, 2.24) is 4.98 Å². The quantitative estimate of drug-likeness (QED) is 0.546. The molecular formula is C18H15N3O4. The maximum atomic E-state index is 12.4. The van der Waals surface area contributed by atoms with Gasteiger partial charge in [0.05, 0.1) is 12.0 Å². The Kier molecular flexibility index (Phi) is 4.47. The minimum atomic E-state index is -0.526. The van der Waals surface area contributed by atoms with E-state index in [9.17, 15) is 14.9 Å². The number of nitrogens with zero attached hydrogens (tertiary/aromatic N) is 1. The van der Waals surface area contributed by atoms with Gasteiger partial charge in [0, 0.05) is 29.1 Å².